The highest BCUT2D eigenvalue weighted by atomic mass is 35.5. The first kappa shape index (κ1) is 15.4. The number of hydrogen-bond donors (Lipinski definition) is 2. The van der Waals surface area contributed by atoms with E-state index in [9.17, 15) is 9.59 Å². The number of anilines is 1. The van der Waals surface area contributed by atoms with Crippen LogP contribution in [0.5, 0.6) is 0 Å². The summed E-state index contributed by atoms with van der Waals surface area (Å²) in [5.41, 5.74) is 1.11. The molecule has 6 heteroatoms. The Balaban J connectivity index is 2.36. The number of hydrogen-bond acceptors (Lipinski definition) is 2. The SMILES string of the molecule is Cc1c(Cl)cccc1C(=O)Nc1ccc(Cl)cc1C(=O)O. The Labute approximate surface area is 131 Å². The first-order chi connectivity index (χ1) is 9.90. The normalized spacial score (nSPS) is 10.2. The maximum atomic E-state index is 12.3. The molecular weight excluding hydrogens is 313 g/mol. The molecule has 108 valence electrons. The lowest BCUT2D eigenvalue weighted by molar-refractivity contribution is 0.0698. The second kappa shape index (κ2) is 6.16. The fraction of sp³-hybridized carbons (Fsp3) is 0.0667. The van der Waals surface area contributed by atoms with Crippen molar-refractivity contribution in [3.05, 3.63) is 63.1 Å². The lowest BCUT2D eigenvalue weighted by Gasteiger charge is -2.11. The Bertz CT molecular complexity index is 729. The molecule has 0 fully saturated rings. The molecule has 0 radical (unpaired) electrons. The van der Waals surface area contributed by atoms with E-state index in [2.05, 4.69) is 5.32 Å². The zero-order valence-electron chi connectivity index (χ0n) is 11.0. The summed E-state index contributed by atoms with van der Waals surface area (Å²) in [4.78, 5) is 23.4. The summed E-state index contributed by atoms with van der Waals surface area (Å²) in [5, 5.41) is 12.5. The van der Waals surface area contributed by atoms with Crippen molar-refractivity contribution in [2.45, 2.75) is 6.92 Å². The lowest BCUT2D eigenvalue weighted by atomic mass is 10.1. The van der Waals surface area contributed by atoms with Gasteiger partial charge in [-0.25, -0.2) is 4.79 Å². The van der Waals surface area contributed by atoms with Crippen LogP contribution < -0.4 is 5.32 Å². The predicted octanol–water partition coefficient (Wildman–Crippen LogP) is 4.25. The number of benzene rings is 2. The van der Waals surface area contributed by atoms with Crippen molar-refractivity contribution in [2.75, 3.05) is 5.32 Å². The van der Waals surface area contributed by atoms with Crippen LogP contribution >= 0.6 is 23.2 Å². The number of rotatable bonds is 3. The van der Waals surface area contributed by atoms with Gasteiger partial charge in [-0.3, -0.25) is 4.79 Å². The largest absolute Gasteiger partial charge is 0.478 e. The van der Waals surface area contributed by atoms with Gasteiger partial charge in [0, 0.05) is 15.6 Å². The Morgan fingerprint density at radius 3 is 2.48 bits per heavy atom. The molecule has 2 rings (SSSR count). The molecule has 0 bridgehead atoms. The Kier molecular flexibility index (Phi) is 4.50. The molecule has 0 spiro atoms. The lowest BCUT2D eigenvalue weighted by Crippen LogP contribution is -2.16. The van der Waals surface area contributed by atoms with Gasteiger partial charge in [-0.05, 0) is 42.8 Å². The van der Waals surface area contributed by atoms with Crippen LogP contribution in [0.1, 0.15) is 26.3 Å². The average molecular weight is 324 g/mol. The van der Waals surface area contributed by atoms with Crippen molar-refractivity contribution < 1.29 is 14.7 Å². The predicted molar refractivity (Wildman–Crippen MR) is 82.6 cm³/mol. The molecule has 0 atom stereocenters. The monoisotopic (exact) mass is 323 g/mol. The van der Waals surface area contributed by atoms with Crippen LogP contribution in [0.2, 0.25) is 10.0 Å². The van der Waals surface area contributed by atoms with E-state index in [1.165, 1.54) is 18.2 Å². The van der Waals surface area contributed by atoms with Crippen molar-refractivity contribution in [3.63, 3.8) is 0 Å². The minimum Gasteiger partial charge on any atom is -0.478 e. The Morgan fingerprint density at radius 2 is 1.81 bits per heavy atom. The van der Waals surface area contributed by atoms with Crippen LogP contribution in [0.3, 0.4) is 0 Å². The van der Waals surface area contributed by atoms with E-state index in [-0.39, 0.29) is 16.3 Å². The highest BCUT2D eigenvalue weighted by Gasteiger charge is 2.16. The molecular formula is C15H11Cl2NO3. The van der Waals surface area contributed by atoms with Crippen molar-refractivity contribution in [1.29, 1.82) is 0 Å². The van der Waals surface area contributed by atoms with E-state index in [1.807, 2.05) is 0 Å². The van der Waals surface area contributed by atoms with Crippen LogP contribution in [0, 0.1) is 6.92 Å². The first-order valence-corrected chi connectivity index (χ1v) is 6.75. The first-order valence-electron chi connectivity index (χ1n) is 5.99. The maximum Gasteiger partial charge on any atom is 0.337 e. The summed E-state index contributed by atoms with van der Waals surface area (Å²) >= 11 is 11.7. The van der Waals surface area contributed by atoms with Gasteiger partial charge in [0.1, 0.15) is 0 Å². The van der Waals surface area contributed by atoms with E-state index in [1.54, 1.807) is 25.1 Å². The summed E-state index contributed by atoms with van der Waals surface area (Å²) in [7, 11) is 0. The van der Waals surface area contributed by atoms with Gasteiger partial charge >= 0.3 is 5.97 Å². The summed E-state index contributed by atoms with van der Waals surface area (Å²) in [5.74, 6) is -1.60. The summed E-state index contributed by atoms with van der Waals surface area (Å²) in [6, 6.07) is 9.19. The van der Waals surface area contributed by atoms with E-state index in [0.29, 0.717) is 16.1 Å². The Hall–Kier alpha value is -2.04. The average Bonchev–Trinajstić information content (AvgIpc) is 2.43. The van der Waals surface area contributed by atoms with Gasteiger partial charge in [0.2, 0.25) is 0 Å². The number of amides is 1. The number of carbonyl (C=O) groups excluding carboxylic acids is 1. The molecule has 0 unspecified atom stereocenters. The molecule has 0 aliphatic heterocycles. The molecule has 4 nitrogen and oxygen atoms in total. The van der Waals surface area contributed by atoms with Crippen molar-refractivity contribution in [2.24, 2.45) is 0 Å². The quantitative estimate of drug-likeness (QED) is 0.887. The third-order valence-electron chi connectivity index (χ3n) is 2.97. The van der Waals surface area contributed by atoms with Gasteiger partial charge in [0.25, 0.3) is 5.91 Å². The molecule has 2 aromatic rings. The number of carboxylic acid groups (broad SMARTS) is 1. The molecule has 2 aromatic carbocycles. The van der Waals surface area contributed by atoms with Gasteiger partial charge in [-0.2, -0.15) is 0 Å². The molecule has 1 amide bonds. The molecule has 0 aromatic heterocycles. The molecule has 0 aliphatic carbocycles. The smallest absolute Gasteiger partial charge is 0.337 e. The molecule has 0 aliphatic rings. The van der Waals surface area contributed by atoms with Crippen LogP contribution in [-0.2, 0) is 0 Å². The van der Waals surface area contributed by atoms with Gasteiger partial charge in [-0.1, -0.05) is 29.3 Å². The maximum absolute atomic E-state index is 12.3. The second-order valence-corrected chi connectivity index (χ2v) is 5.21. The topological polar surface area (TPSA) is 66.4 Å². The standard InChI is InChI=1S/C15H11Cl2NO3/c1-8-10(3-2-4-12(8)17)14(19)18-13-6-5-9(16)7-11(13)15(20)21/h2-7H,1H3,(H,18,19)(H,20,21). The van der Waals surface area contributed by atoms with Gasteiger partial charge in [0.15, 0.2) is 0 Å². The van der Waals surface area contributed by atoms with Gasteiger partial charge in [-0.15, -0.1) is 0 Å². The van der Waals surface area contributed by atoms with Gasteiger partial charge in [0.05, 0.1) is 11.3 Å². The zero-order chi connectivity index (χ0) is 15.6. The van der Waals surface area contributed by atoms with Crippen LogP contribution in [0.25, 0.3) is 0 Å². The third kappa shape index (κ3) is 3.35. The van der Waals surface area contributed by atoms with E-state index >= 15 is 0 Å². The highest BCUT2D eigenvalue weighted by molar-refractivity contribution is 6.32. The number of carboxylic acids is 1. The van der Waals surface area contributed by atoms with Crippen molar-refractivity contribution in [1.82, 2.24) is 0 Å². The molecule has 21 heavy (non-hydrogen) atoms. The van der Waals surface area contributed by atoms with Crippen molar-refractivity contribution in [3.8, 4) is 0 Å². The highest BCUT2D eigenvalue weighted by Crippen LogP contribution is 2.23. The molecule has 0 heterocycles. The van der Waals surface area contributed by atoms with E-state index < -0.39 is 11.9 Å². The minimum atomic E-state index is -1.17. The summed E-state index contributed by atoms with van der Waals surface area (Å²) < 4.78 is 0. The van der Waals surface area contributed by atoms with E-state index in [4.69, 9.17) is 28.3 Å². The molecule has 0 saturated heterocycles. The van der Waals surface area contributed by atoms with Gasteiger partial charge < -0.3 is 10.4 Å². The van der Waals surface area contributed by atoms with Crippen LogP contribution in [0.15, 0.2) is 36.4 Å². The Morgan fingerprint density at radius 1 is 1.10 bits per heavy atom. The number of carbonyl (C=O) groups is 2. The van der Waals surface area contributed by atoms with Crippen molar-refractivity contribution >= 4 is 40.8 Å². The summed E-state index contributed by atoms with van der Waals surface area (Å²) in [6.45, 7) is 1.72. The second-order valence-electron chi connectivity index (χ2n) is 4.36. The molecule has 0 saturated carbocycles. The minimum absolute atomic E-state index is 0.0736. The third-order valence-corrected chi connectivity index (χ3v) is 3.62. The number of halogens is 2. The molecule has 2 N–H and O–H groups in total. The number of nitrogens with one attached hydrogen (secondary N) is 1. The zero-order valence-corrected chi connectivity index (χ0v) is 12.5. The van der Waals surface area contributed by atoms with Crippen LogP contribution in [-0.4, -0.2) is 17.0 Å². The fourth-order valence-electron chi connectivity index (χ4n) is 1.85. The number of aromatic carboxylic acids is 1. The van der Waals surface area contributed by atoms with Crippen LogP contribution in [0.4, 0.5) is 5.69 Å². The van der Waals surface area contributed by atoms with E-state index in [0.717, 1.165) is 0 Å². The fourth-order valence-corrected chi connectivity index (χ4v) is 2.19. The summed E-state index contributed by atoms with van der Waals surface area (Å²) in [6.07, 6.45) is 0.